The van der Waals surface area contributed by atoms with Gasteiger partial charge in [-0.3, -0.25) is 9.59 Å². The third-order valence-electron chi connectivity index (χ3n) is 3.95. The van der Waals surface area contributed by atoms with Gasteiger partial charge in [-0.05, 0) is 30.4 Å². The first-order valence-electron chi connectivity index (χ1n) is 7.59. The zero-order valence-electron chi connectivity index (χ0n) is 12.6. The van der Waals surface area contributed by atoms with Gasteiger partial charge >= 0.3 is 12.1 Å². The Balaban J connectivity index is 1.92. The molecule has 0 aromatic heterocycles. The van der Waals surface area contributed by atoms with Crippen LogP contribution < -0.4 is 10.6 Å². The standard InChI is InChI=1S/C16H19F3N2O2/c17-16(18,19)15(23)21-13-8-4-3-7-12(13)10-20-14(22)9-11-5-1-2-6-11/h3-4,7-8,11H,1-2,5-6,9-10H2,(H,20,22)(H,21,23). The molecule has 126 valence electrons. The van der Waals surface area contributed by atoms with Gasteiger partial charge in [-0.25, -0.2) is 0 Å². The molecule has 0 atom stereocenters. The molecule has 2 amide bonds. The van der Waals surface area contributed by atoms with E-state index in [1.807, 2.05) is 5.32 Å². The average Bonchev–Trinajstić information content (AvgIpc) is 2.98. The first-order chi connectivity index (χ1) is 10.9. The fourth-order valence-electron chi connectivity index (χ4n) is 2.73. The second-order valence-corrected chi connectivity index (χ2v) is 5.74. The van der Waals surface area contributed by atoms with Crippen LogP contribution in [0.5, 0.6) is 0 Å². The molecule has 1 aliphatic rings. The Kier molecular flexibility index (Phi) is 5.63. The molecule has 0 aliphatic heterocycles. The van der Waals surface area contributed by atoms with Crippen molar-refractivity contribution in [2.45, 2.75) is 44.8 Å². The van der Waals surface area contributed by atoms with Crippen LogP contribution in [0, 0.1) is 5.92 Å². The summed E-state index contributed by atoms with van der Waals surface area (Å²) in [5, 5.41) is 4.54. The SMILES string of the molecule is O=C(CC1CCCC1)NCc1ccccc1NC(=O)C(F)(F)F. The highest BCUT2D eigenvalue weighted by molar-refractivity contribution is 5.95. The number of alkyl halides is 3. The van der Waals surface area contributed by atoms with Gasteiger partial charge in [0.15, 0.2) is 0 Å². The highest BCUT2D eigenvalue weighted by atomic mass is 19.4. The summed E-state index contributed by atoms with van der Waals surface area (Å²) in [6, 6.07) is 6.11. The molecule has 1 saturated carbocycles. The zero-order valence-corrected chi connectivity index (χ0v) is 12.6. The van der Waals surface area contributed by atoms with Crippen molar-refractivity contribution in [1.29, 1.82) is 0 Å². The van der Waals surface area contributed by atoms with Crippen LogP contribution in [-0.2, 0) is 16.1 Å². The molecule has 2 N–H and O–H groups in total. The Labute approximate surface area is 132 Å². The molecule has 0 spiro atoms. The Hall–Kier alpha value is -2.05. The monoisotopic (exact) mass is 328 g/mol. The second kappa shape index (κ2) is 7.48. The van der Waals surface area contributed by atoms with Crippen molar-refractivity contribution >= 4 is 17.5 Å². The highest BCUT2D eigenvalue weighted by Gasteiger charge is 2.38. The van der Waals surface area contributed by atoms with Crippen LogP contribution in [0.15, 0.2) is 24.3 Å². The third-order valence-corrected chi connectivity index (χ3v) is 3.95. The molecular weight excluding hydrogens is 309 g/mol. The van der Waals surface area contributed by atoms with Crippen molar-refractivity contribution in [2.24, 2.45) is 5.92 Å². The number of rotatable bonds is 5. The van der Waals surface area contributed by atoms with Crippen molar-refractivity contribution in [3.63, 3.8) is 0 Å². The first-order valence-corrected chi connectivity index (χ1v) is 7.59. The maximum Gasteiger partial charge on any atom is 0.471 e. The molecule has 2 rings (SSSR count). The summed E-state index contributed by atoms with van der Waals surface area (Å²) in [6.45, 7) is 0.0832. The van der Waals surface area contributed by atoms with Crippen LogP contribution in [0.3, 0.4) is 0 Å². The highest BCUT2D eigenvalue weighted by Crippen LogP contribution is 2.27. The summed E-state index contributed by atoms with van der Waals surface area (Å²) in [7, 11) is 0. The summed E-state index contributed by atoms with van der Waals surface area (Å²) in [5.41, 5.74) is 0.487. The van der Waals surface area contributed by atoms with E-state index in [0.717, 1.165) is 25.7 Å². The lowest BCUT2D eigenvalue weighted by Crippen LogP contribution is -2.31. The molecule has 4 nitrogen and oxygen atoms in total. The Bertz CT molecular complexity index is 567. The fraction of sp³-hybridized carbons (Fsp3) is 0.500. The quantitative estimate of drug-likeness (QED) is 0.870. The van der Waals surface area contributed by atoms with Crippen LogP contribution in [0.25, 0.3) is 0 Å². The predicted molar refractivity (Wildman–Crippen MR) is 79.5 cm³/mol. The van der Waals surface area contributed by atoms with Gasteiger partial charge in [-0.2, -0.15) is 13.2 Å². The lowest BCUT2D eigenvalue weighted by Gasteiger charge is -2.14. The summed E-state index contributed by atoms with van der Waals surface area (Å²) < 4.78 is 37.0. The topological polar surface area (TPSA) is 58.2 Å². The summed E-state index contributed by atoms with van der Waals surface area (Å²) >= 11 is 0. The Morgan fingerprint density at radius 2 is 1.78 bits per heavy atom. The average molecular weight is 328 g/mol. The van der Waals surface area contributed by atoms with Gasteiger partial charge in [0.1, 0.15) is 0 Å². The number of hydrogen-bond acceptors (Lipinski definition) is 2. The maximum absolute atomic E-state index is 12.3. The summed E-state index contributed by atoms with van der Waals surface area (Å²) in [4.78, 5) is 22.9. The summed E-state index contributed by atoms with van der Waals surface area (Å²) in [5.74, 6) is -1.74. The first kappa shape index (κ1) is 17.3. The molecule has 0 radical (unpaired) electrons. The van der Waals surface area contributed by atoms with Gasteiger partial charge in [0.25, 0.3) is 0 Å². The lowest BCUT2D eigenvalue weighted by molar-refractivity contribution is -0.167. The van der Waals surface area contributed by atoms with E-state index in [1.165, 1.54) is 12.1 Å². The lowest BCUT2D eigenvalue weighted by atomic mass is 10.0. The molecule has 23 heavy (non-hydrogen) atoms. The molecule has 0 heterocycles. The van der Waals surface area contributed by atoms with E-state index in [9.17, 15) is 22.8 Å². The molecule has 0 unspecified atom stereocenters. The Morgan fingerprint density at radius 3 is 2.43 bits per heavy atom. The number of carbonyl (C=O) groups excluding carboxylic acids is 2. The number of halogens is 3. The van der Waals surface area contributed by atoms with Gasteiger partial charge in [0.2, 0.25) is 5.91 Å². The smallest absolute Gasteiger partial charge is 0.352 e. The van der Waals surface area contributed by atoms with E-state index < -0.39 is 12.1 Å². The molecule has 1 aliphatic carbocycles. The van der Waals surface area contributed by atoms with Gasteiger partial charge in [-0.15, -0.1) is 0 Å². The Morgan fingerprint density at radius 1 is 1.13 bits per heavy atom. The van der Waals surface area contributed by atoms with Crippen molar-refractivity contribution in [3.05, 3.63) is 29.8 Å². The van der Waals surface area contributed by atoms with Crippen molar-refractivity contribution < 1.29 is 22.8 Å². The minimum absolute atomic E-state index is 0.0518. The van der Waals surface area contributed by atoms with Gasteiger partial charge in [0, 0.05) is 18.7 Å². The van der Waals surface area contributed by atoms with Crippen LogP contribution >= 0.6 is 0 Å². The van der Waals surface area contributed by atoms with E-state index in [-0.39, 0.29) is 18.1 Å². The van der Waals surface area contributed by atoms with E-state index >= 15 is 0 Å². The molecular formula is C16H19F3N2O2. The minimum atomic E-state index is -4.95. The third kappa shape index (κ3) is 5.26. The van der Waals surface area contributed by atoms with E-state index in [0.29, 0.717) is 17.9 Å². The van der Waals surface area contributed by atoms with Gasteiger partial charge in [0.05, 0.1) is 0 Å². The normalized spacial score (nSPS) is 15.4. The van der Waals surface area contributed by atoms with Crippen LogP contribution in [-0.4, -0.2) is 18.0 Å². The number of anilines is 1. The van der Waals surface area contributed by atoms with E-state index in [4.69, 9.17) is 0 Å². The number of hydrogen-bond donors (Lipinski definition) is 2. The molecule has 1 aromatic rings. The van der Waals surface area contributed by atoms with Gasteiger partial charge in [-0.1, -0.05) is 31.0 Å². The van der Waals surface area contributed by atoms with Crippen molar-refractivity contribution in [3.8, 4) is 0 Å². The largest absolute Gasteiger partial charge is 0.471 e. The number of para-hydroxylation sites is 1. The number of nitrogens with one attached hydrogen (secondary N) is 2. The van der Waals surface area contributed by atoms with Crippen molar-refractivity contribution in [2.75, 3.05) is 5.32 Å². The van der Waals surface area contributed by atoms with E-state index in [1.54, 1.807) is 12.1 Å². The van der Waals surface area contributed by atoms with Crippen LogP contribution in [0.4, 0.5) is 18.9 Å². The number of benzene rings is 1. The van der Waals surface area contributed by atoms with Crippen LogP contribution in [0.1, 0.15) is 37.7 Å². The fourth-order valence-corrected chi connectivity index (χ4v) is 2.73. The van der Waals surface area contributed by atoms with E-state index in [2.05, 4.69) is 5.32 Å². The molecule has 0 bridgehead atoms. The van der Waals surface area contributed by atoms with Crippen LogP contribution in [0.2, 0.25) is 0 Å². The second-order valence-electron chi connectivity index (χ2n) is 5.74. The number of amides is 2. The summed E-state index contributed by atoms with van der Waals surface area (Å²) in [6.07, 6.45) is -0.123. The van der Waals surface area contributed by atoms with Crippen molar-refractivity contribution in [1.82, 2.24) is 5.32 Å². The zero-order chi connectivity index (χ0) is 16.9. The number of carbonyl (C=O) groups is 2. The molecule has 7 heteroatoms. The molecule has 0 saturated heterocycles. The molecule has 1 fully saturated rings. The minimum Gasteiger partial charge on any atom is -0.352 e. The molecule has 1 aromatic carbocycles. The van der Waals surface area contributed by atoms with Gasteiger partial charge < -0.3 is 10.6 Å². The predicted octanol–water partition coefficient (Wildman–Crippen LogP) is 3.38. The maximum atomic E-state index is 12.3.